The number of benzene rings is 2. The van der Waals surface area contributed by atoms with Crippen molar-refractivity contribution in [3.63, 3.8) is 0 Å². The summed E-state index contributed by atoms with van der Waals surface area (Å²) < 4.78 is 30.1. The lowest BCUT2D eigenvalue weighted by Crippen LogP contribution is -2.26. The maximum absolute atomic E-state index is 14.7. The van der Waals surface area contributed by atoms with E-state index in [2.05, 4.69) is 35.3 Å². The molecule has 9 heteroatoms. The summed E-state index contributed by atoms with van der Waals surface area (Å²) in [4.78, 5) is 15.7. The Bertz CT molecular complexity index is 1430. The first-order valence-corrected chi connectivity index (χ1v) is 11.5. The molecule has 4 aromatic rings. The standard InChI is InChI=1S/C26H27F2N7/c1-15-10-17(6-8-20(15)35-14-30-16(2)33-35)11-22-31-24(29-5)23-25(32-22)34(13-26(23,3)4)21-9-7-18(27)12-19(21)28/h6-10,12,14H,11,13H2,1-5H3,(H,29,31,32). The Morgan fingerprint density at radius 3 is 2.46 bits per heavy atom. The van der Waals surface area contributed by atoms with Gasteiger partial charge >= 0.3 is 0 Å². The maximum Gasteiger partial charge on any atom is 0.149 e. The third-order valence-electron chi connectivity index (χ3n) is 6.34. The zero-order chi connectivity index (χ0) is 24.9. The van der Waals surface area contributed by atoms with Crippen LogP contribution in [0.1, 0.15) is 42.2 Å². The van der Waals surface area contributed by atoms with Crippen molar-refractivity contribution in [2.75, 3.05) is 23.8 Å². The minimum atomic E-state index is -0.616. The summed E-state index contributed by atoms with van der Waals surface area (Å²) in [5.74, 6) is 1.46. The molecule has 2 aromatic carbocycles. The van der Waals surface area contributed by atoms with E-state index in [1.807, 2.05) is 37.9 Å². The summed E-state index contributed by atoms with van der Waals surface area (Å²) in [6, 6.07) is 9.76. The van der Waals surface area contributed by atoms with E-state index in [-0.39, 0.29) is 5.41 Å². The van der Waals surface area contributed by atoms with E-state index < -0.39 is 11.6 Å². The van der Waals surface area contributed by atoms with Gasteiger partial charge in [0.25, 0.3) is 0 Å². The number of aryl methyl sites for hydroxylation is 2. The van der Waals surface area contributed by atoms with Crippen molar-refractivity contribution in [1.82, 2.24) is 24.7 Å². The molecule has 0 spiro atoms. The summed E-state index contributed by atoms with van der Waals surface area (Å²) in [7, 11) is 1.82. The summed E-state index contributed by atoms with van der Waals surface area (Å²) in [6.45, 7) is 8.53. The molecule has 0 saturated carbocycles. The van der Waals surface area contributed by atoms with E-state index in [4.69, 9.17) is 9.97 Å². The van der Waals surface area contributed by atoms with Gasteiger partial charge in [-0.1, -0.05) is 26.0 Å². The van der Waals surface area contributed by atoms with Crippen LogP contribution in [-0.2, 0) is 11.8 Å². The number of rotatable bonds is 5. The highest BCUT2D eigenvalue weighted by atomic mass is 19.1. The molecular formula is C26H27F2N7. The first-order chi connectivity index (χ1) is 16.7. The average Bonchev–Trinajstić information content (AvgIpc) is 3.34. The normalized spacial score (nSPS) is 14.3. The number of fused-ring (bicyclic) bond motifs is 1. The zero-order valence-corrected chi connectivity index (χ0v) is 20.4. The lowest BCUT2D eigenvalue weighted by atomic mass is 9.88. The SMILES string of the molecule is CNc1nc(Cc2ccc(-n3cnc(C)n3)c(C)c2)nc2c1C(C)(C)CN2c1ccc(F)cc1F. The Labute approximate surface area is 202 Å². The molecule has 0 bridgehead atoms. The van der Waals surface area contributed by atoms with Crippen molar-refractivity contribution >= 4 is 17.3 Å². The Morgan fingerprint density at radius 1 is 1.03 bits per heavy atom. The number of nitrogens with one attached hydrogen (secondary N) is 1. The largest absolute Gasteiger partial charge is 0.373 e. The van der Waals surface area contributed by atoms with Crippen LogP contribution < -0.4 is 10.2 Å². The second-order valence-corrected chi connectivity index (χ2v) is 9.54. The smallest absolute Gasteiger partial charge is 0.149 e. The molecule has 180 valence electrons. The Balaban J connectivity index is 1.54. The second kappa shape index (κ2) is 8.41. The Hall–Kier alpha value is -3.88. The lowest BCUT2D eigenvalue weighted by Gasteiger charge is -2.22. The van der Waals surface area contributed by atoms with Crippen LogP contribution >= 0.6 is 0 Å². The molecule has 1 N–H and O–H groups in total. The minimum Gasteiger partial charge on any atom is -0.373 e. The molecule has 5 rings (SSSR count). The fourth-order valence-corrected chi connectivity index (χ4v) is 4.75. The highest BCUT2D eigenvalue weighted by Crippen LogP contribution is 2.46. The molecule has 1 aliphatic rings. The van der Waals surface area contributed by atoms with E-state index in [1.54, 1.807) is 11.0 Å². The predicted octanol–water partition coefficient (Wildman–Crippen LogP) is 5.01. The van der Waals surface area contributed by atoms with Crippen molar-refractivity contribution in [2.24, 2.45) is 0 Å². The number of hydrogen-bond acceptors (Lipinski definition) is 6. The van der Waals surface area contributed by atoms with Crippen LogP contribution in [-0.4, -0.2) is 38.3 Å². The third kappa shape index (κ3) is 4.11. The van der Waals surface area contributed by atoms with Crippen LogP contribution in [0.5, 0.6) is 0 Å². The number of aromatic nitrogens is 5. The molecule has 0 atom stereocenters. The van der Waals surface area contributed by atoms with Crippen LogP contribution in [0.3, 0.4) is 0 Å². The van der Waals surface area contributed by atoms with Gasteiger partial charge in [0.2, 0.25) is 0 Å². The molecule has 0 aliphatic carbocycles. The van der Waals surface area contributed by atoms with Gasteiger partial charge in [-0.15, -0.1) is 0 Å². The van der Waals surface area contributed by atoms with Crippen LogP contribution in [0.15, 0.2) is 42.7 Å². The fourth-order valence-electron chi connectivity index (χ4n) is 4.75. The van der Waals surface area contributed by atoms with Gasteiger partial charge in [-0.05, 0) is 43.2 Å². The van der Waals surface area contributed by atoms with Gasteiger partial charge in [-0.2, -0.15) is 5.10 Å². The first kappa shape index (κ1) is 22.9. The molecule has 1 aliphatic heterocycles. The van der Waals surface area contributed by atoms with E-state index in [0.29, 0.717) is 41.9 Å². The summed E-state index contributed by atoms with van der Waals surface area (Å²) in [6.07, 6.45) is 2.20. The second-order valence-electron chi connectivity index (χ2n) is 9.54. The van der Waals surface area contributed by atoms with Crippen molar-refractivity contribution in [1.29, 1.82) is 0 Å². The predicted molar refractivity (Wildman–Crippen MR) is 132 cm³/mol. The van der Waals surface area contributed by atoms with Gasteiger partial charge in [-0.25, -0.2) is 28.4 Å². The van der Waals surface area contributed by atoms with Gasteiger partial charge in [0, 0.05) is 37.1 Å². The molecule has 0 radical (unpaired) electrons. The van der Waals surface area contributed by atoms with Gasteiger partial charge in [0.05, 0.1) is 11.4 Å². The Kier molecular flexibility index (Phi) is 5.50. The monoisotopic (exact) mass is 475 g/mol. The Morgan fingerprint density at radius 2 is 1.80 bits per heavy atom. The van der Waals surface area contributed by atoms with Crippen molar-refractivity contribution in [2.45, 2.75) is 39.5 Å². The highest BCUT2D eigenvalue weighted by Gasteiger charge is 2.41. The van der Waals surface area contributed by atoms with Gasteiger partial charge in [-0.3, -0.25) is 0 Å². The van der Waals surface area contributed by atoms with Gasteiger partial charge < -0.3 is 10.2 Å². The quantitative estimate of drug-likeness (QED) is 0.437. The number of anilines is 3. The minimum absolute atomic E-state index is 0.299. The molecule has 0 unspecified atom stereocenters. The van der Waals surface area contributed by atoms with E-state index >= 15 is 0 Å². The lowest BCUT2D eigenvalue weighted by molar-refractivity contribution is 0.557. The molecule has 0 amide bonds. The average molecular weight is 476 g/mol. The molecule has 0 fully saturated rings. The number of nitrogens with zero attached hydrogens (tertiary/aromatic N) is 6. The molecule has 35 heavy (non-hydrogen) atoms. The molecular weight excluding hydrogens is 448 g/mol. The van der Waals surface area contributed by atoms with Crippen molar-refractivity contribution < 1.29 is 8.78 Å². The van der Waals surface area contributed by atoms with E-state index in [9.17, 15) is 8.78 Å². The topological polar surface area (TPSA) is 71.8 Å². The van der Waals surface area contributed by atoms with Crippen LogP contribution in [0.4, 0.5) is 26.1 Å². The van der Waals surface area contributed by atoms with E-state index in [0.717, 1.165) is 28.4 Å². The highest BCUT2D eigenvalue weighted by molar-refractivity contribution is 5.74. The summed E-state index contributed by atoms with van der Waals surface area (Å²) in [5.41, 5.74) is 3.94. The van der Waals surface area contributed by atoms with E-state index in [1.165, 1.54) is 12.1 Å². The van der Waals surface area contributed by atoms with Gasteiger partial charge in [0.15, 0.2) is 0 Å². The van der Waals surface area contributed by atoms with Crippen LogP contribution in [0.25, 0.3) is 5.69 Å². The van der Waals surface area contributed by atoms with Crippen molar-refractivity contribution in [3.8, 4) is 5.69 Å². The zero-order valence-electron chi connectivity index (χ0n) is 20.4. The third-order valence-corrected chi connectivity index (χ3v) is 6.34. The summed E-state index contributed by atoms with van der Waals surface area (Å²) >= 11 is 0. The van der Waals surface area contributed by atoms with Crippen molar-refractivity contribution in [3.05, 3.63) is 82.7 Å². The molecule has 0 saturated heterocycles. The van der Waals surface area contributed by atoms with Gasteiger partial charge in [0.1, 0.15) is 41.2 Å². The van der Waals surface area contributed by atoms with Crippen LogP contribution in [0, 0.1) is 25.5 Å². The number of hydrogen-bond donors (Lipinski definition) is 1. The molecule has 3 heterocycles. The first-order valence-electron chi connectivity index (χ1n) is 11.5. The summed E-state index contributed by atoms with van der Waals surface area (Å²) in [5, 5.41) is 7.59. The van der Waals surface area contributed by atoms with Crippen LogP contribution in [0.2, 0.25) is 0 Å². The molecule has 7 nitrogen and oxygen atoms in total. The molecule has 2 aromatic heterocycles. The number of halogens is 2. The maximum atomic E-state index is 14.7. The fraction of sp³-hybridized carbons (Fsp3) is 0.308.